The monoisotopic (exact) mass is 386 g/mol. The van der Waals surface area contributed by atoms with Crippen LogP contribution in [0.3, 0.4) is 0 Å². The highest BCUT2D eigenvalue weighted by Gasteiger charge is 2.23. The number of ether oxygens (including phenoxy) is 1. The van der Waals surface area contributed by atoms with E-state index in [9.17, 15) is 4.79 Å². The van der Waals surface area contributed by atoms with Crippen molar-refractivity contribution in [3.63, 3.8) is 0 Å². The fourth-order valence-electron chi connectivity index (χ4n) is 3.47. The zero-order valence-corrected chi connectivity index (χ0v) is 16.8. The second-order valence-corrected chi connectivity index (χ2v) is 9.42. The molecule has 136 valence electrons. The Morgan fingerprint density at radius 3 is 2.85 bits per heavy atom. The standard InChI is InChI=1S/C20H22N2O2S2/c1-11-4-9-15-16(10-11)26-20-17(15)19(23)21-18(22-20)12(2)25-14-7-5-13(24-3)6-8-14/h5-8,11-12H,4,9-10H2,1-3H3,(H,21,22,23). The molecule has 1 aromatic carbocycles. The largest absolute Gasteiger partial charge is 0.497 e. The lowest BCUT2D eigenvalue weighted by atomic mass is 9.89. The van der Waals surface area contributed by atoms with Crippen molar-refractivity contribution in [1.29, 1.82) is 0 Å². The van der Waals surface area contributed by atoms with Crippen molar-refractivity contribution < 1.29 is 4.74 Å². The summed E-state index contributed by atoms with van der Waals surface area (Å²) in [5.74, 6) is 2.28. The summed E-state index contributed by atoms with van der Waals surface area (Å²) in [5.41, 5.74) is 1.25. The zero-order chi connectivity index (χ0) is 18.3. The summed E-state index contributed by atoms with van der Waals surface area (Å²) in [6.07, 6.45) is 3.22. The summed E-state index contributed by atoms with van der Waals surface area (Å²) in [6.45, 7) is 4.36. The van der Waals surface area contributed by atoms with E-state index in [2.05, 4.69) is 18.8 Å². The van der Waals surface area contributed by atoms with E-state index in [1.54, 1.807) is 30.2 Å². The van der Waals surface area contributed by atoms with Crippen LogP contribution in [0.1, 0.15) is 41.8 Å². The van der Waals surface area contributed by atoms with Gasteiger partial charge in [-0.2, -0.15) is 0 Å². The first kappa shape index (κ1) is 17.6. The molecule has 0 bridgehead atoms. The fraction of sp³-hybridized carbons (Fsp3) is 0.400. The van der Waals surface area contributed by atoms with Crippen molar-refractivity contribution in [2.24, 2.45) is 5.92 Å². The number of methoxy groups -OCH3 is 1. The van der Waals surface area contributed by atoms with Gasteiger partial charge in [0.25, 0.3) is 5.56 Å². The highest BCUT2D eigenvalue weighted by atomic mass is 32.2. The molecule has 1 aliphatic carbocycles. The Morgan fingerprint density at radius 2 is 2.12 bits per heavy atom. The predicted octanol–water partition coefficient (Wildman–Crippen LogP) is 4.97. The first-order valence-electron chi connectivity index (χ1n) is 8.90. The van der Waals surface area contributed by atoms with Gasteiger partial charge in [-0.3, -0.25) is 4.79 Å². The van der Waals surface area contributed by atoms with Crippen LogP contribution >= 0.6 is 23.1 Å². The normalized spacial score (nSPS) is 17.9. The fourth-order valence-corrected chi connectivity index (χ4v) is 5.79. The van der Waals surface area contributed by atoms with Crippen molar-refractivity contribution in [1.82, 2.24) is 9.97 Å². The van der Waals surface area contributed by atoms with Crippen LogP contribution in [-0.2, 0) is 12.8 Å². The van der Waals surface area contributed by atoms with Gasteiger partial charge in [-0.15, -0.1) is 23.1 Å². The molecule has 2 atom stereocenters. The van der Waals surface area contributed by atoms with E-state index in [0.717, 1.165) is 45.9 Å². The number of thioether (sulfide) groups is 1. The lowest BCUT2D eigenvalue weighted by Crippen LogP contribution is -2.15. The van der Waals surface area contributed by atoms with Crippen molar-refractivity contribution in [2.75, 3.05) is 7.11 Å². The molecule has 0 radical (unpaired) electrons. The van der Waals surface area contributed by atoms with Gasteiger partial charge in [0.2, 0.25) is 0 Å². The molecular weight excluding hydrogens is 364 g/mol. The summed E-state index contributed by atoms with van der Waals surface area (Å²) in [4.78, 5) is 24.0. The number of fused-ring (bicyclic) bond motifs is 3. The molecule has 3 aromatic rings. The third-order valence-corrected chi connectivity index (χ3v) is 7.21. The number of nitrogens with zero attached hydrogens (tertiary/aromatic N) is 1. The Hall–Kier alpha value is -1.79. The van der Waals surface area contributed by atoms with Crippen LogP contribution in [0.25, 0.3) is 10.2 Å². The van der Waals surface area contributed by atoms with Gasteiger partial charge in [-0.05, 0) is 61.9 Å². The molecule has 4 rings (SSSR count). The van der Waals surface area contributed by atoms with Crippen molar-refractivity contribution in [2.45, 2.75) is 43.3 Å². The van der Waals surface area contributed by atoms with Crippen LogP contribution in [0, 0.1) is 5.92 Å². The first-order valence-corrected chi connectivity index (χ1v) is 10.6. The minimum atomic E-state index is 0.0132. The van der Waals surface area contributed by atoms with Gasteiger partial charge in [0.1, 0.15) is 16.4 Å². The number of nitrogens with one attached hydrogen (secondary N) is 1. The number of thiophene rings is 1. The molecule has 1 N–H and O–H groups in total. The molecule has 2 unspecified atom stereocenters. The SMILES string of the molecule is COc1ccc(SC(C)c2nc3sc4c(c3c(=O)[nH]2)CCC(C)C4)cc1. The Bertz CT molecular complexity index is 991. The van der Waals surface area contributed by atoms with Gasteiger partial charge in [0, 0.05) is 9.77 Å². The second kappa shape index (κ2) is 7.08. The molecule has 2 aromatic heterocycles. The minimum Gasteiger partial charge on any atom is -0.497 e. The van der Waals surface area contributed by atoms with Crippen LogP contribution in [0.4, 0.5) is 0 Å². The van der Waals surface area contributed by atoms with E-state index >= 15 is 0 Å². The van der Waals surface area contributed by atoms with Gasteiger partial charge < -0.3 is 9.72 Å². The van der Waals surface area contributed by atoms with E-state index < -0.39 is 0 Å². The van der Waals surface area contributed by atoms with Crippen LogP contribution in [-0.4, -0.2) is 17.1 Å². The lowest BCUT2D eigenvalue weighted by molar-refractivity contribution is 0.414. The summed E-state index contributed by atoms with van der Waals surface area (Å²) >= 11 is 3.39. The molecule has 0 amide bonds. The maximum atomic E-state index is 12.7. The molecule has 1 aliphatic rings. The minimum absolute atomic E-state index is 0.0132. The zero-order valence-electron chi connectivity index (χ0n) is 15.2. The third kappa shape index (κ3) is 3.28. The Balaban J connectivity index is 1.65. The highest BCUT2D eigenvalue weighted by molar-refractivity contribution is 7.99. The van der Waals surface area contributed by atoms with Gasteiger partial charge >= 0.3 is 0 Å². The topological polar surface area (TPSA) is 55.0 Å². The average Bonchev–Trinajstić information content (AvgIpc) is 3.00. The maximum absolute atomic E-state index is 12.7. The summed E-state index contributed by atoms with van der Waals surface area (Å²) in [7, 11) is 1.66. The quantitative estimate of drug-likeness (QED) is 0.643. The van der Waals surface area contributed by atoms with Crippen LogP contribution in [0.15, 0.2) is 34.0 Å². The summed E-state index contributed by atoms with van der Waals surface area (Å²) in [5, 5.41) is 0.890. The Kier molecular flexibility index (Phi) is 4.80. The highest BCUT2D eigenvalue weighted by Crippen LogP contribution is 2.38. The molecule has 2 heterocycles. The number of hydrogen-bond acceptors (Lipinski definition) is 5. The number of rotatable bonds is 4. The molecule has 6 heteroatoms. The van der Waals surface area contributed by atoms with E-state index in [1.807, 2.05) is 24.3 Å². The van der Waals surface area contributed by atoms with Crippen molar-refractivity contribution in [3.05, 3.63) is 50.9 Å². The average molecular weight is 387 g/mol. The van der Waals surface area contributed by atoms with Gasteiger partial charge in [-0.1, -0.05) is 6.92 Å². The van der Waals surface area contributed by atoms with Crippen LogP contribution in [0.2, 0.25) is 0 Å². The van der Waals surface area contributed by atoms with Gasteiger partial charge in [0.15, 0.2) is 0 Å². The molecule has 0 fully saturated rings. The molecule has 26 heavy (non-hydrogen) atoms. The van der Waals surface area contributed by atoms with Crippen molar-refractivity contribution in [3.8, 4) is 5.75 Å². The number of aromatic nitrogens is 2. The Labute approximate surface area is 161 Å². The maximum Gasteiger partial charge on any atom is 0.259 e. The summed E-state index contributed by atoms with van der Waals surface area (Å²) < 4.78 is 5.20. The smallest absolute Gasteiger partial charge is 0.259 e. The van der Waals surface area contributed by atoms with E-state index in [-0.39, 0.29) is 10.8 Å². The number of aromatic amines is 1. The van der Waals surface area contributed by atoms with Crippen molar-refractivity contribution >= 4 is 33.3 Å². The third-order valence-electron chi connectivity index (χ3n) is 4.94. The van der Waals surface area contributed by atoms with E-state index in [1.165, 1.54) is 10.4 Å². The Morgan fingerprint density at radius 1 is 1.35 bits per heavy atom. The number of aryl methyl sites for hydroxylation is 1. The van der Waals surface area contributed by atoms with Crippen LogP contribution < -0.4 is 10.3 Å². The van der Waals surface area contributed by atoms with E-state index in [0.29, 0.717) is 5.92 Å². The number of hydrogen-bond donors (Lipinski definition) is 1. The predicted molar refractivity (Wildman–Crippen MR) is 109 cm³/mol. The first-order chi connectivity index (χ1) is 12.5. The number of H-pyrrole nitrogens is 1. The molecule has 0 spiro atoms. The molecule has 0 saturated carbocycles. The van der Waals surface area contributed by atoms with Gasteiger partial charge in [-0.25, -0.2) is 4.98 Å². The van der Waals surface area contributed by atoms with E-state index in [4.69, 9.17) is 9.72 Å². The lowest BCUT2D eigenvalue weighted by Gasteiger charge is -2.17. The number of benzene rings is 1. The summed E-state index contributed by atoms with van der Waals surface area (Å²) in [6, 6.07) is 7.95. The van der Waals surface area contributed by atoms with Crippen LogP contribution in [0.5, 0.6) is 5.75 Å². The molecule has 0 saturated heterocycles. The van der Waals surface area contributed by atoms with Gasteiger partial charge in [0.05, 0.1) is 17.7 Å². The molecular formula is C20H22N2O2S2. The molecule has 4 nitrogen and oxygen atoms in total. The second-order valence-electron chi connectivity index (χ2n) is 6.92. The molecule has 0 aliphatic heterocycles.